The molecule has 0 aromatic heterocycles. The quantitative estimate of drug-likeness (QED) is 0.424. The van der Waals surface area contributed by atoms with E-state index in [1.807, 2.05) is 6.92 Å². The smallest absolute Gasteiger partial charge is 0.310 e. The molecule has 0 atom stereocenters. The monoisotopic (exact) mass is 296 g/mol. The molecular formula is C14H20N2O5. The van der Waals surface area contributed by atoms with Gasteiger partial charge in [0.15, 0.2) is 5.75 Å². The Morgan fingerprint density at radius 2 is 2.14 bits per heavy atom. The van der Waals surface area contributed by atoms with Crippen molar-refractivity contribution in [3.63, 3.8) is 0 Å². The minimum absolute atomic E-state index is 0.0577. The number of hydrogen-bond donors (Lipinski definition) is 1. The number of rotatable bonds is 9. The van der Waals surface area contributed by atoms with Crippen LogP contribution in [0.5, 0.6) is 5.75 Å². The number of ether oxygens (including phenoxy) is 1. The molecule has 21 heavy (non-hydrogen) atoms. The van der Waals surface area contributed by atoms with Crippen molar-refractivity contribution in [2.75, 3.05) is 26.3 Å². The van der Waals surface area contributed by atoms with Crippen molar-refractivity contribution in [3.05, 3.63) is 34.4 Å². The Labute approximate surface area is 123 Å². The van der Waals surface area contributed by atoms with Crippen LogP contribution in [0.4, 0.5) is 5.69 Å². The van der Waals surface area contributed by atoms with E-state index in [1.165, 1.54) is 12.1 Å². The van der Waals surface area contributed by atoms with Gasteiger partial charge in [-0.1, -0.05) is 12.1 Å². The molecule has 1 aromatic rings. The number of para-hydroxylation sites is 2. The minimum atomic E-state index is -0.499. The predicted molar refractivity (Wildman–Crippen MR) is 77.2 cm³/mol. The lowest BCUT2D eigenvalue weighted by Gasteiger charge is -2.19. The van der Waals surface area contributed by atoms with Gasteiger partial charge in [-0.05, 0) is 19.4 Å². The predicted octanol–water partition coefficient (Wildman–Crippen LogP) is 1.59. The highest BCUT2D eigenvalue weighted by Crippen LogP contribution is 2.25. The van der Waals surface area contributed by atoms with Crippen LogP contribution in [0.1, 0.15) is 19.8 Å². The Bertz CT molecular complexity index is 478. The van der Waals surface area contributed by atoms with E-state index < -0.39 is 4.92 Å². The van der Waals surface area contributed by atoms with Crippen LogP contribution in [0, 0.1) is 10.1 Å². The van der Waals surface area contributed by atoms with Crippen LogP contribution in [0.3, 0.4) is 0 Å². The molecule has 0 radical (unpaired) electrons. The summed E-state index contributed by atoms with van der Waals surface area (Å²) in [5, 5.41) is 19.6. The fraction of sp³-hybridized carbons (Fsp3) is 0.500. The topological polar surface area (TPSA) is 92.9 Å². The van der Waals surface area contributed by atoms with Gasteiger partial charge < -0.3 is 14.7 Å². The number of aliphatic hydroxyl groups excluding tert-OH is 1. The summed E-state index contributed by atoms with van der Waals surface area (Å²) >= 11 is 0. The maximum Gasteiger partial charge on any atom is 0.310 e. The van der Waals surface area contributed by atoms with Gasteiger partial charge in [0.25, 0.3) is 0 Å². The lowest BCUT2D eigenvalue weighted by molar-refractivity contribution is -0.385. The summed E-state index contributed by atoms with van der Waals surface area (Å²) in [4.78, 5) is 23.7. The van der Waals surface area contributed by atoms with Crippen molar-refractivity contribution in [2.45, 2.75) is 19.8 Å². The van der Waals surface area contributed by atoms with Gasteiger partial charge in [0, 0.05) is 25.6 Å². The van der Waals surface area contributed by atoms with Crippen molar-refractivity contribution in [3.8, 4) is 5.75 Å². The third-order valence-corrected chi connectivity index (χ3v) is 2.96. The second kappa shape index (κ2) is 8.91. The van der Waals surface area contributed by atoms with Crippen LogP contribution >= 0.6 is 0 Å². The van der Waals surface area contributed by atoms with Crippen LogP contribution in [-0.4, -0.2) is 47.1 Å². The molecule has 0 saturated heterocycles. The van der Waals surface area contributed by atoms with Crippen molar-refractivity contribution < 1.29 is 19.6 Å². The molecule has 0 fully saturated rings. The van der Waals surface area contributed by atoms with Crippen LogP contribution in [0.15, 0.2) is 24.3 Å². The van der Waals surface area contributed by atoms with Gasteiger partial charge >= 0.3 is 5.69 Å². The number of hydrogen-bond acceptors (Lipinski definition) is 5. The molecule has 0 unspecified atom stereocenters. The number of amides is 1. The average molecular weight is 296 g/mol. The summed E-state index contributed by atoms with van der Waals surface area (Å²) in [5.41, 5.74) is -0.0840. The van der Waals surface area contributed by atoms with E-state index >= 15 is 0 Å². The van der Waals surface area contributed by atoms with Gasteiger partial charge in [0.05, 0.1) is 18.1 Å². The Balaban J connectivity index is 2.41. The number of nitro groups is 1. The summed E-state index contributed by atoms with van der Waals surface area (Å²) in [6, 6.07) is 6.14. The fourth-order valence-corrected chi connectivity index (χ4v) is 1.87. The molecule has 1 N–H and O–H groups in total. The molecule has 0 aliphatic carbocycles. The standard InChI is InChI=1S/C14H20N2O5/c1-2-15(9-10-17)14(18)8-5-11-21-13-7-4-3-6-12(13)16(19)20/h3-4,6-7,17H,2,5,8-11H2,1H3. The van der Waals surface area contributed by atoms with Crippen LogP contribution in [0.25, 0.3) is 0 Å². The van der Waals surface area contributed by atoms with Crippen molar-refractivity contribution >= 4 is 11.6 Å². The lowest BCUT2D eigenvalue weighted by atomic mass is 10.2. The van der Waals surface area contributed by atoms with Gasteiger partial charge in [0.1, 0.15) is 0 Å². The average Bonchev–Trinajstić information content (AvgIpc) is 2.49. The molecule has 116 valence electrons. The molecule has 7 heteroatoms. The highest BCUT2D eigenvalue weighted by Gasteiger charge is 2.14. The molecule has 0 bridgehead atoms. The van der Waals surface area contributed by atoms with Gasteiger partial charge in [-0.2, -0.15) is 0 Å². The molecular weight excluding hydrogens is 276 g/mol. The van der Waals surface area contributed by atoms with Crippen LogP contribution < -0.4 is 4.74 Å². The number of nitro benzene ring substituents is 1. The first-order chi connectivity index (χ1) is 10.1. The van der Waals surface area contributed by atoms with E-state index in [9.17, 15) is 14.9 Å². The lowest BCUT2D eigenvalue weighted by Crippen LogP contribution is -2.33. The maximum absolute atomic E-state index is 11.8. The van der Waals surface area contributed by atoms with E-state index in [0.717, 1.165) is 0 Å². The first kappa shape index (κ1) is 16.9. The van der Waals surface area contributed by atoms with Gasteiger partial charge in [0.2, 0.25) is 5.91 Å². The van der Waals surface area contributed by atoms with Crippen LogP contribution in [-0.2, 0) is 4.79 Å². The SMILES string of the molecule is CCN(CCO)C(=O)CCCOc1ccccc1[N+](=O)[O-]. The maximum atomic E-state index is 11.8. The van der Waals surface area contributed by atoms with Crippen molar-refractivity contribution in [1.82, 2.24) is 4.90 Å². The second-order valence-corrected chi connectivity index (χ2v) is 4.37. The van der Waals surface area contributed by atoms with Gasteiger partial charge in [-0.25, -0.2) is 0 Å². The van der Waals surface area contributed by atoms with Crippen molar-refractivity contribution in [2.24, 2.45) is 0 Å². The van der Waals surface area contributed by atoms with Gasteiger partial charge in [-0.15, -0.1) is 0 Å². The molecule has 0 heterocycles. The summed E-state index contributed by atoms with van der Waals surface area (Å²) in [7, 11) is 0. The zero-order valence-corrected chi connectivity index (χ0v) is 12.0. The molecule has 0 aliphatic heterocycles. The number of benzene rings is 1. The summed E-state index contributed by atoms with van der Waals surface area (Å²) in [6.45, 7) is 2.88. The molecule has 0 spiro atoms. The first-order valence-corrected chi connectivity index (χ1v) is 6.85. The van der Waals surface area contributed by atoms with E-state index in [-0.39, 0.29) is 37.0 Å². The Kier molecular flexibility index (Phi) is 7.17. The molecule has 7 nitrogen and oxygen atoms in total. The van der Waals surface area contributed by atoms with E-state index in [0.29, 0.717) is 19.5 Å². The number of likely N-dealkylation sites (N-methyl/N-ethyl adjacent to an activating group) is 1. The number of aliphatic hydroxyl groups is 1. The summed E-state index contributed by atoms with van der Waals surface area (Å²) in [5.74, 6) is 0.148. The van der Waals surface area contributed by atoms with Gasteiger partial charge in [-0.3, -0.25) is 14.9 Å². The molecule has 0 saturated carbocycles. The normalized spacial score (nSPS) is 10.2. The largest absolute Gasteiger partial charge is 0.487 e. The Morgan fingerprint density at radius 3 is 2.76 bits per heavy atom. The molecule has 1 rings (SSSR count). The summed E-state index contributed by atoms with van der Waals surface area (Å²) in [6.07, 6.45) is 0.751. The third-order valence-electron chi connectivity index (χ3n) is 2.96. The number of carbonyl (C=O) groups excluding carboxylic acids is 1. The molecule has 1 aromatic carbocycles. The highest BCUT2D eigenvalue weighted by atomic mass is 16.6. The highest BCUT2D eigenvalue weighted by molar-refractivity contribution is 5.76. The Morgan fingerprint density at radius 1 is 1.43 bits per heavy atom. The Hall–Kier alpha value is -2.15. The minimum Gasteiger partial charge on any atom is -0.487 e. The van der Waals surface area contributed by atoms with E-state index in [2.05, 4.69) is 0 Å². The first-order valence-electron chi connectivity index (χ1n) is 6.85. The zero-order valence-electron chi connectivity index (χ0n) is 12.0. The van der Waals surface area contributed by atoms with E-state index in [4.69, 9.17) is 9.84 Å². The number of carbonyl (C=O) groups is 1. The molecule has 1 amide bonds. The van der Waals surface area contributed by atoms with E-state index in [1.54, 1.807) is 17.0 Å². The fourth-order valence-electron chi connectivity index (χ4n) is 1.87. The summed E-state index contributed by atoms with van der Waals surface area (Å²) < 4.78 is 5.36. The number of nitrogens with zero attached hydrogens (tertiary/aromatic N) is 2. The molecule has 0 aliphatic rings. The van der Waals surface area contributed by atoms with Crippen molar-refractivity contribution in [1.29, 1.82) is 0 Å². The third kappa shape index (κ3) is 5.39. The zero-order chi connectivity index (χ0) is 15.7. The second-order valence-electron chi connectivity index (χ2n) is 4.37. The van der Waals surface area contributed by atoms with Crippen LogP contribution in [0.2, 0.25) is 0 Å².